The van der Waals surface area contributed by atoms with Crippen LogP contribution in [0, 0.1) is 0 Å². The fraction of sp³-hybridized carbons (Fsp3) is 0.684. The number of hydrogen-bond donors (Lipinski definition) is 1. The molecule has 1 aromatic carbocycles. The molecule has 2 fully saturated rings. The minimum Gasteiger partial charge on any atom is -0.307 e. The molecule has 3 rings (SSSR count). The Bertz CT molecular complexity index is 422. The smallest absolute Gasteiger partial charge is 0.0450 e. The molecule has 1 atom stereocenters. The summed E-state index contributed by atoms with van der Waals surface area (Å²) < 4.78 is 0. The summed E-state index contributed by atoms with van der Waals surface area (Å²) in [5.41, 5.74) is 1.92. The molecule has 2 heteroatoms. The molecule has 1 aliphatic carbocycles. The van der Waals surface area contributed by atoms with Crippen molar-refractivity contribution in [2.75, 3.05) is 19.6 Å². The number of rotatable bonds is 5. The van der Waals surface area contributed by atoms with Gasteiger partial charge in [-0.05, 0) is 31.4 Å². The Labute approximate surface area is 129 Å². The Morgan fingerprint density at radius 1 is 1.14 bits per heavy atom. The summed E-state index contributed by atoms with van der Waals surface area (Å²) in [4.78, 5) is 2.84. The van der Waals surface area contributed by atoms with Gasteiger partial charge in [-0.1, -0.05) is 62.9 Å². The van der Waals surface area contributed by atoms with Crippen LogP contribution in [0.1, 0.15) is 63.5 Å². The maximum Gasteiger partial charge on any atom is 0.0450 e. The molecule has 1 unspecified atom stereocenters. The molecule has 0 aromatic heterocycles. The van der Waals surface area contributed by atoms with Gasteiger partial charge in [0.2, 0.25) is 0 Å². The van der Waals surface area contributed by atoms with Crippen molar-refractivity contribution in [3.05, 3.63) is 35.9 Å². The van der Waals surface area contributed by atoms with E-state index in [1.54, 1.807) is 0 Å². The van der Waals surface area contributed by atoms with Gasteiger partial charge >= 0.3 is 0 Å². The van der Waals surface area contributed by atoms with Gasteiger partial charge < -0.3 is 5.32 Å². The van der Waals surface area contributed by atoms with Crippen LogP contribution in [0.5, 0.6) is 0 Å². The Kier molecular flexibility index (Phi) is 4.97. The topological polar surface area (TPSA) is 15.3 Å². The highest BCUT2D eigenvalue weighted by Gasteiger charge is 2.43. The molecule has 1 aliphatic heterocycles. The predicted molar refractivity (Wildman–Crippen MR) is 89.5 cm³/mol. The van der Waals surface area contributed by atoms with E-state index in [1.165, 1.54) is 70.1 Å². The molecular formula is C19H30N2. The SMILES string of the molecule is CCCCCN1CC(c2ccccc2)NCC12CCCC2. The van der Waals surface area contributed by atoms with Gasteiger partial charge in [-0.3, -0.25) is 4.90 Å². The van der Waals surface area contributed by atoms with E-state index in [4.69, 9.17) is 0 Å². The molecule has 2 nitrogen and oxygen atoms in total. The number of hydrogen-bond acceptors (Lipinski definition) is 2. The Morgan fingerprint density at radius 2 is 1.90 bits per heavy atom. The van der Waals surface area contributed by atoms with Gasteiger partial charge in [-0.15, -0.1) is 0 Å². The van der Waals surface area contributed by atoms with E-state index < -0.39 is 0 Å². The third-order valence-corrected chi connectivity index (χ3v) is 5.52. The van der Waals surface area contributed by atoms with E-state index in [2.05, 4.69) is 47.5 Å². The van der Waals surface area contributed by atoms with Crippen LogP contribution in [0.4, 0.5) is 0 Å². The van der Waals surface area contributed by atoms with E-state index in [0.29, 0.717) is 11.6 Å². The lowest BCUT2D eigenvalue weighted by Gasteiger charge is -2.48. The van der Waals surface area contributed by atoms with Gasteiger partial charge in [0.1, 0.15) is 0 Å². The summed E-state index contributed by atoms with van der Waals surface area (Å²) in [7, 11) is 0. The van der Waals surface area contributed by atoms with Gasteiger partial charge in [0.15, 0.2) is 0 Å². The first-order valence-corrected chi connectivity index (χ1v) is 8.87. The van der Waals surface area contributed by atoms with Crippen LogP contribution in [0.25, 0.3) is 0 Å². The summed E-state index contributed by atoms with van der Waals surface area (Å²) in [6, 6.07) is 11.5. The molecule has 0 amide bonds. The lowest BCUT2D eigenvalue weighted by Crippen LogP contribution is -2.60. The van der Waals surface area contributed by atoms with Crippen LogP contribution >= 0.6 is 0 Å². The van der Waals surface area contributed by atoms with E-state index in [-0.39, 0.29) is 0 Å². The molecule has 1 saturated carbocycles. The van der Waals surface area contributed by atoms with Crippen LogP contribution < -0.4 is 5.32 Å². The van der Waals surface area contributed by atoms with Crippen LogP contribution in [-0.2, 0) is 0 Å². The van der Waals surface area contributed by atoms with Crippen LogP contribution in [0.2, 0.25) is 0 Å². The van der Waals surface area contributed by atoms with Gasteiger partial charge in [-0.25, -0.2) is 0 Å². The van der Waals surface area contributed by atoms with Gasteiger partial charge in [-0.2, -0.15) is 0 Å². The molecule has 1 N–H and O–H groups in total. The van der Waals surface area contributed by atoms with Gasteiger partial charge in [0, 0.05) is 24.7 Å². The standard InChI is InChI=1S/C19H30N2/c1-2-3-9-14-21-15-18(17-10-5-4-6-11-17)20-16-19(21)12-7-8-13-19/h4-6,10-11,18,20H,2-3,7-9,12-16H2,1H3. The second-order valence-corrected chi connectivity index (χ2v) is 6.93. The molecule has 2 aliphatic rings. The van der Waals surface area contributed by atoms with Crippen molar-refractivity contribution in [3.8, 4) is 0 Å². The Balaban J connectivity index is 1.70. The normalized spacial score (nSPS) is 25.5. The third-order valence-electron chi connectivity index (χ3n) is 5.52. The molecule has 0 radical (unpaired) electrons. The van der Waals surface area contributed by atoms with Crippen molar-refractivity contribution < 1.29 is 0 Å². The van der Waals surface area contributed by atoms with Gasteiger partial charge in [0.25, 0.3) is 0 Å². The third kappa shape index (κ3) is 3.32. The average molecular weight is 286 g/mol. The fourth-order valence-electron chi connectivity index (χ4n) is 4.22. The van der Waals surface area contributed by atoms with E-state index in [0.717, 1.165) is 0 Å². The summed E-state index contributed by atoms with van der Waals surface area (Å²) in [6.07, 6.45) is 9.68. The first-order chi connectivity index (χ1) is 10.3. The first kappa shape index (κ1) is 15.1. The lowest BCUT2D eigenvalue weighted by molar-refractivity contribution is 0.0412. The number of piperazine rings is 1. The second-order valence-electron chi connectivity index (χ2n) is 6.93. The summed E-state index contributed by atoms with van der Waals surface area (Å²) in [6.45, 7) is 5.96. The zero-order valence-corrected chi connectivity index (χ0v) is 13.5. The minimum atomic E-state index is 0.471. The second kappa shape index (κ2) is 6.93. The predicted octanol–water partition coefficient (Wildman–Crippen LogP) is 4.14. The van der Waals surface area contributed by atoms with Crippen molar-refractivity contribution in [1.29, 1.82) is 0 Å². The van der Waals surface area contributed by atoms with E-state index in [9.17, 15) is 0 Å². The summed E-state index contributed by atoms with van der Waals surface area (Å²) >= 11 is 0. The molecule has 1 saturated heterocycles. The van der Waals surface area contributed by atoms with E-state index >= 15 is 0 Å². The van der Waals surface area contributed by atoms with Crippen molar-refractivity contribution in [3.63, 3.8) is 0 Å². The first-order valence-electron chi connectivity index (χ1n) is 8.87. The largest absolute Gasteiger partial charge is 0.307 e. The molecular weight excluding hydrogens is 256 g/mol. The molecule has 1 spiro atoms. The highest BCUT2D eigenvalue weighted by Crippen LogP contribution is 2.39. The zero-order chi connectivity index (χ0) is 14.5. The molecule has 21 heavy (non-hydrogen) atoms. The Morgan fingerprint density at radius 3 is 2.62 bits per heavy atom. The van der Waals surface area contributed by atoms with Crippen molar-refractivity contribution in [2.24, 2.45) is 0 Å². The van der Waals surface area contributed by atoms with Crippen LogP contribution in [-0.4, -0.2) is 30.1 Å². The molecule has 1 heterocycles. The summed E-state index contributed by atoms with van der Waals surface area (Å²) in [5, 5.41) is 3.85. The van der Waals surface area contributed by atoms with Crippen molar-refractivity contribution in [2.45, 2.75) is 63.5 Å². The zero-order valence-electron chi connectivity index (χ0n) is 13.5. The quantitative estimate of drug-likeness (QED) is 0.819. The minimum absolute atomic E-state index is 0.471. The highest BCUT2D eigenvalue weighted by atomic mass is 15.3. The maximum atomic E-state index is 3.85. The Hall–Kier alpha value is -0.860. The highest BCUT2D eigenvalue weighted by molar-refractivity contribution is 5.21. The average Bonchev–Trinajstić information content (AvgIpc) is 3.00. The van der Waals surface area contributed by atoms with Crippen LogP contribution in [0.15, 0.2) is 30.3 Å². The number of unbranched alkanes of at least 4 members (excludes halogenated alkanes) is 2. The van der Waals surface area contributed by atoms with Gasteiger partial charge in [0.05, 0.1) is 0 Å². The molecule has 1 aromatic rings. The number of nitrogens with zero attached hydrogens (tertiary/aromatic N) is 1. The van der Waals surface area contributed by atoms with Crippen LogP contribution in [0.3, 0.4) is 0 Å². The lowest BCUT2D eigenvalue weighted by atomic mass is 9.89. The van der Waals surface area contributed by atoms with Crippen molar-refractivity contribution in [1.82, 2.24) is 10.2 Å². The monoisotopic (exact) mass is 286 g/mol. The van der Waals surface area contributed by atoms with E-state index in [1.807, 2.05) is 0 Å². The maximum absolute atomic E-state index is 3.85. The number of nitrogens with one attached hydrogen (secondary N) is 1. The summed E-state index contributed by atoms with van der Waals surface area (Å²) in [5.74, 6) is 0. The molecule has 116 valence electrons. The van der Waals surface area contributed by atoms with Crippen molar-refractivity contribution >= 4 is 0 Å². The number of benzene rings is 1. The fourth-order valence-corrected chi connectivity index (χ4v) is 4.22. The molecule has 0 bridgehead atoms.